The number of thiophene rings is 1. The fraction of sp³-hybridized carbons (Fsp3) is 0. The normalized spacial score (nSPS) is 18.0. The van der Waals surface area contributed by atoms with Gasteiger partial charge in [0.1, 0.15) is 0 Å². The zero-order valence-electron chi connectivity index (χ0n) is 60.1. The molecule has 3 heteroatoms. The van der Waals surface area contributed by atoms with E-state index in [1.165, 1.54) is 21.3 Å². The maximum absolute atomic E-state index is 9.96. The molecule has 0 bridgehead atoms. The molecule has 3 heterocycles. The van der Waals surface area contributed by atoms with Gasteiger partial charge in [-0.3, -0.25) is 0 Å². The van der Waals surface area contributed by atoms with E-state index < -0.39 is 203 Å². The van der Waals surface area contributed by atoms with Crippen molar-refractivity contribution < 1.29 is 38.4 Å². The molecule has 63 heavy (non-hydrogen) atoms. The Kier molecular flexibility index (Phi) is 4.04. The lowest BCUT2D eigenvalue weighted by Crippen LogP contribution is -1.94. The molecule has 10 aromatic carbocycles. The summed E-state index contributed by atoms with van der Waals surface area (Å²) in [6.45, 7) is 0. The van der Waals surface area contributed by atoms with E-state index >= 15 is 0 Å². The molecule has 0 aliphatic heterocycles. The number of rotatable bonds is 6. The van der Waals surface area contributed by atoms with Gasteiger partial charge in [0.2, 0.25) is 0 Å². The van der Waals surface area contributed by atoms with E-state index in [-0.39, 0.29) is 80.6 Å². The van der Waals surface area contributed by atoms with Crippen molar-refractivity contribution in [1.82, 2.24) is 9.13 Å². The van der Waals surface area contributed by atoms with E-state index in [0.29, 0.717) is 17.0 Å². The second-order valence-corrected chi connectivity index (χ2v) is 15.3. The van der Waals surface area contributed by atoms with E-state index in [0.717, 1.165) is 18.2 Å². The molecule has 13 rings (SSSR count). The van der Waals surface area contributed by atoms with Crippen LogP contribution in [0.2, 0.25) is 0 Å². The smallest absolute Gasteiger partial charge is 0.0645 e. The number of benzene rings is 10. The molecular weight excluding hydrogens is 781 g/mol. The molecule has 3 aromatic heterocycles. The van der Waals surface area contributed by atoms with Crippen LogP contribution >= 0.6 is 11.3 Å². The van der Waals surface area contributed by atoms with E-state index in [9.17, 15) is 23.3 Å². The summed E-state index contributed by atoms with van der Waals surface area (Å²) in [6, 6.07) is -4.67. The number of hydrogen-bond donors (Lipinski definition) is 0. The molecule has 0 unspecified atom stereocenters. The Bertz CT molecular complexity index is 5550. The number of fused-ring (bicyclic) bond motifs is 9. The van der Waals surface area contributed by atoms with E-state index in [4.69, 9.17) is 15.1 Å². The zero-order chi connectivity index (χ0) is 65.8. The number of aromatic nitrogens is 2. The van der Waals surface area contributed by atoms with Crippen LogP contribution in [0.5, 0.6) is 0 Å². The third-order valence-electron chi connectivity index (χ3n) is 10.8. The third kappa shape index (κ3) is 5.71. The standard InChI is InChI=1S/C60H38N2S/c1-3-14-39(15-4-1)42-16-11-17-43(36-42)40-28-30-41(31-29-40)44-33-35-58-52(37-44)49-23-13-27-57(60(49)63-58)62-53-24-9-7-20-48(53)51-38-45(32-34-55(51)62)47-22-12-26-56-59(47)50-21-8-10-25-54(50)61(56)46-18-5-2-6-19-46/h1-38H/i1D,3D,7D,8D,9D,10D,12D,13D,14D,15D,16D,17D,20D,22D,23D,24D,25D,26D,28D,29D,30D,31D,32D,33D,34D,35D,36D,37D. The van der Waals surface area contributed by atoms with Gasteiger partial charge in [-0.25, -0.2) is 0 Å². The summed E-state index contributed by atoms with van der Waals surface area (Å²) >= 11 is 0.711. The Morgan fingerprint density at radius 1 is 0.365 bits per heavy atom. The van der Waals surface area contributed by atoms with Crippen LogP contribution in [0.15, 0.2) is 230 Å². The van der Waals surface area contributed by atoms with Crippen molar-refractivity contribution in [3.8, 4) is 55.9 Å². The minimum atomic E-state index is -0.930. The minimum Gasteiger partial charge on any atom is -0.309 e. The van der Waals surface area contributed by atoms with Gasteiger partial charge in [-0.05, 0) is 111 Å². The Labute approximate surface area is 408 Å². The molecule has 2 nitrogen and oxygen atoms in total. The van der Waals surface area contributed by atoms with Crippen molar-refractivity contribution in [3.05, 3.63) is 230 Å². The van der Waals surface area contributed by atoms with Crippen LogP contribution in [0.25, 0.3) is 120 Å². The molecule has 0 amide bonds. The van der Waals surface area contributed by atoms with Crippen LogP contribution in [-0.2, 0) is 0 Å². The Morgan fingerprint density at radius 3 is 1.89 bits per heavy atom. The summed E-state index contributed by atoms with van der Waals surface area (Å²) in [4.78, 5) is 0. The van der Waals surface area contributed by atoms with Gasteiger partial charge in [0, 0.05) is 42.7 Å². The quantitative estimate of drug-likeness (QED) is 0.158. The lowest BCUT2D eigenvalue weighted by Gasteiger charge is -2.11. The maximum Gasteiger partial charge on any atom is 0.0645 e. The maximum atomic E-state index is 9.96. The molecule has 0 aliphatic carbocycles. The van der Waals surface area contributed by atoms with Gasteiger partial charge in [-0.1, -0.05) is 163 Å². The average molecular weight is 847 g/mol. The molecule has 0 fully saturated rings. The van der Waals surface area contributed by atoms with Crippen molar-refractivity contribution in [2.24, 2.45) is 0 Å². The molecule has 0 atom stereocenters. The van der Waals surface area contributed by atoms with Crippen molar-refractivity contribution in [2.75, 3.05) is 0 Å². The van der Waals surface area contributed by atoms with Gasteiger partial charge in [0.05, 0.1) is 70.8 Å². The van der Waals surface area contributed by atoms with Gasteiger partial charge in [0.25, 0.3) is 0 Å². The monoisotopic (exact) mass is 846 g/mol. The Hall–Kier alpha value is -7.98. The molecule has 0 aliphatic rings. The molecular formula is C60H38N2S. The van der Waals surface area contributed by atoms with Gasteiger partial charge < -0.3 is 9.13 Å². The van der Waals surface area contributed by atoms with Crippen LogP contribution in [0.3, 0.4) is 0 Å². The Balaban J connectivity index is 1.09. The van der Waals surface area contributed by atoms with Gasteiger partial charge >= 0.3 is 0 Å². The molecule has 0 saturated heterocycles. The number of para-hydroxylation sites is 3. The van der Waals surface area contributed by atoms with Crippen LogP contribution in [0, 0.1) is 0 Å². The predicted molar refractivity (Wildman–Crippen MR) is 270 cm³/mol. The largest absolute Gasteiger partial charge is 0.309 e. The van der Waals surface area contributed by atoms with E-state index in [1.54, 1.807) is 30.3 Å². The van der Waals surface area contributed by atoms with Crippen molar-refractivity contribution >= 4 is 75.1 Å². The third-order valence-corrected chi connectivity index (χ3v) is 11.9. The van der Waals surface area contributed by atoms with Gasteiger partial charge in [-0.15, -0.1) is 11.3 Å². The SMILES string of the molecule is [2H]c1cc([2H])c(-c2c([2H])cc([2H])c(-c3c([2H])c([2H])c(-c4c([2H])c([2H])c5sc6c(-n7c8c([2H])c([2H])c(-c9c([2H])c([2H])c([2H])c%10c9c9cc([2H])c([2H])c([2H])c9n%10-c9ccccc9)cc8c8c([2H])c([2H])c([2H])c([2H])c87)cc([2H])c([2H])c6c5c4[2H])c([2H])c3[2H])c2[2H])c([2H])c1[2H]. The first-order valence-electron chi connectivity index (χ1n) is 33.3. The molecule has 0 radical (unpaired) electrons. The number of hydrogen-bond acceptors (Lipinski definition) is 1. The van der Waals surface area contributed by atoms with E-state index in [1.807, 2.05) is 0 Å². The predicted octanol–water partition coefficient (Wildman–Crippen LogP) is 16.9. The lowest BCUT2D eigenvalue weighted by molar-refractivity contribution is 1.18. The summed E-state index contributed by atoms with van der Waals surface area (Å²) in [5.41, 5.74) is -4.39. The average Bonchev–Trinajstić information content (AvgIpc) is 1.55. The van der Waals surface area contributed by atoms with Gasteiger partial charge in [0.15, 0.2) is 0 Å². The highest BCUT2D eigenvalue weighted by Gasteiger charge is 2.20. The first kappa shape index (κ1) is 17.8. The molecule has 0 spiro atoms. The minimum absolute atomic E-state index is 0.000720. The molecule has 0 saturated carbocycles. The topological polar surface area (TPSA) is 9.86 Å². The van der Waals surface area contributed by atoms with Crippen LogP contribution in [0.1, 0.15) is 38.4 Å². The first-order chi connectivity index (χ1) is 42.9. The summed E-state index contributed by atoms with van der Waals surface area (Å²) in [5, 5.41) is -0.855. The van der Waals surface area contributed by atoms with Crippen LogP contribution in [0.4, 0.5) is 0 Å². The Morgan fingerprint density at radius 2 is 1.03 bits per heavy atom. The number of nitrogens with zero attached hydrogens (tertiary/aromatic N) is 2. The fourth-order valence-corrected chi connectivity index (χ4v) is 9.09. The van der Waals surface area contributed by atoms with Crippen LogP contribution < -0.4 is 0 Å². The van der Waals surface area contributed by atoms with Crippen molar-refractivity contribution in [2.45, 2.75) is 0 Å². The second kappa shape index (κ2) is 14.3. The summed E-state index contributed by atoms with van der Waals surface area (Å²) in [6.07, 6.45) is 0. The highest BCUT2D eigenvalue weighted by Crippen LogP contribution is 2.44. The lowest BCUT2D eigenvalue weighted by atomic mass is 9.97. The summed E-state index contributed by atoms with van der Waals surface area (Å²) < 4.78 is 258. The second-order valence-electron chi connectivity index (χ2n) is 14.3. The van der Waals surface area contributed by atoms with Crippen LogP contribution in [-0.4, -0.2) is 9.13 Å². The highest BCUT2D eigenvalue weighted by atomic mass is 32.1. The molecule has 13 aromatic rings. The summed E-state index contributed by atoms with van der Waals surface area (Å²) in [7, 11) is 0. The van der Waals surface area contributed by atoms with Crippen molar-refractivity contribution in [1.29, 1.82) is 0 Å². The summed E-state index contributed by atoms with van der Waals surface area (Å²) in [5.74, 6) is 0. The van der Waals surface area contributed by atoms with Gasteiger partial charge in [-0.2, -0.15) is 0 Å². The van der Waals surface area contributed by atoms with Crippen molar-refractivity contribution in [3.63, 3.8) is 0 Å². The molecule has 294 valence electrons. The van der Waals surface area contributed by atoms with E-state index in [2.05, 4.69) is 0 Å². The highest BCUT2D eigenvalue weighted by molar-refractivity contribution is 7.26. The zero-order valence-corrected chi connectivity index (χ0v) is 32.9. The first-order valence-corrected chi connectivity index (χ1v) is 20.1. The fourth-order valence-electron chi connectivity index (χ4n) is 8.02. The molecule has 0 N–H and O–H groups in total.